The molecule has 4 rings (SSSR count). The molecule has 2 aliphatic rings. The Bertz CT molecular complexity index is 965. The molecule has 0 unspecified atom stereocenters. The molecule has 2 amide bonds. The van der Waals surface area contributed by atoms with Crippen LogP contribution in [0.1, 0.15) is 44.1 Å². The van der Waals surface area contributed by atoms with Gasteiger partial charge in [-0.2, -0.15) is 0 Å². The van der Waals surface area contributed by atoms with Crippen LogP contribution in [0.25, 0.3) is 0 Å². The predicted octanol–water partition coefficient (Wildman–Crippen LogP) is 3.69. The summed E-state index contributed by atoms with van der Waals surface area (Å²) in [7, 11) is 0. The summed E-state index contributed by atoms with van der Waals surface area (Å²) >= 11 is 0. The molecule has 2 saturated heterocycles. The molecule has 0 radical (unpaired) electrons. The Morgan fingerprint density at radius 2 is 2.06 bits per heavy atom. The molecular weight excluding hydrogens is 409 g/mol. The zero-order chi connectivity index (χ0) is 22.6. The third-order valence-electron chi connectivity index (χ3n) is 6.38. The van der Waals surface area contributed by atoms with Crippen molar-refractivity contribution in [1.29, 1.82) is 0 Å². The average Bonchev–Trinajstić information content (AvgIpc) is 2.98. The lowest BCUT2D eigenvalue weighted by Gasteiger charge is -2.35. The van der Waals surface area contributed by atoms with Gasteiger partial charge in [0.15, 0.2) is 0 Å². The summed E-state index contributed by atoms with van der Waals surface area (Å²) in [5, 5.41) is 6.22. The third kappa shape index (κ3) is 5.27. The van der Waals surface area contributed by atoms with Crippen LogP contribution < -0.4 is 15.4 Å². The summed E-state index contributed by atoms with van der Waals surface area (Å²) < 4.78 is 18.9. The van der Waals surface area contributed by atoms with Gasteiger partial charge >= 0.3 is 0 Å². The number of ether oxygens (including phenoxy) is 1. The number of carbonyl (C=O) groups excluding carboxylic acids is 2. The van der Waals surface area contributed by atoms with E-state index in [4.69, 9.17) is 4.74 Å². The predicted molar refractivity (Wildman–Crippen MR) is 121 cm³/mol. The first-order valence-electron chi connectivity index (χ1n) is 11.2. The number of hydrogen-bond donors (Lipinski definition) is 2. The van der Waals surface area contributed by atoms with E-state index < -0.39 is 0 Å². The van der Waals surface area contributed by atoms with Crippen molar-refractivity contribution in [3.05, 3.63) is 59.9 Å². The molecule has 2 aromatic carbocycles. The lowest BCUT2D eigenvalue weighted by atomic mass is 9.79. The SMILES string of the molecule is CC(=O)Nc1cccc([C@@H]2CN(CCOc3ccc(F)cc3)C[C@]23CCCCC(=O)N3)c1. The summed E-state index contributed by atoms with van der Waals surface area (Å²) in [6, 6.07) is 14.0. The third-order valence-corrected chi connectivity index (χ3v) is 6.38. The van der Waals surface area contributed by atoms with Gasteiger partial charge in [-0.3, -0.25) is 14.5 Å². The van der Waals surface area contributed by atoms with Gasteiger partial charge in [0.25, 0.3) is 0 Å². The molecule has 0 aliphatic carbocycles. The number of amides is 2. The Hall–Kier alpha value is -2.93. The van der Waals surface area contributed by atoms with Crippen LogP contribution in [0, 0.1) is 5.82 Å². The molecule has 32 heavy (non-hydrogen) atoms. The van der Waals surface area contributed by atoms with Crippen LogP contribution in [0.15, 0.2) is 48.5 Å². The number of nitrogens with zero attached hydrogens (tertiary/aromatic N) is 1. The average molecular weight is 440 g/mol. The maximum Gasteiger partial charge on any atom is 0.221 e. The molecule has 7 heteroatoms. The van der Waals surface area contributed by atoms with Crippen LogP contribution in [-0.2, 0) is 9.59 Å². The summed E-state index contributed by atoms with van der Waals surface area (Å²) in [5.41, 5.74) is 1.54. The zero-order valence-electron chi connectivity index (χ0n) is 18.4. The van der Waals surface area contributed by atoms with E-state index in [1.807, 2.05) is 18.2 Å². The number of hydrogen-bond acceptors (Lipinski definition) is 4. The number of benzene rings is 2. The van der Waals surface area contributed by atoms with Gasteiger partial charge in [0.1, 0.15) is 18.2 Å². The maximum absolute atomic E-state index is 13.1. The molecule has 2 fully saturated rings. The molecule has 0 saturated carbocycles. The van der Waals surface area contributed by atoms with Crippen molar-refractivity contribution in [2.24, 2.45) is 0 Å². The van der Waals surface area contributed by atoms with Crippen LogP contribution in [-0.4, -0.2) is 48.5 Å². The molecule has 2 aliphatic heterocycles. The first kappa shape index (κ1) is 22.3. The van der Waals surface area contributed by atoms with Crippen molar-refractivity contribution < 1.29 is 18.7 Å². The molecule has 2 aromatic rings. The summed E-state index contributed by atoms with van der Waals surface area (Å²) in [4.78, 5) is 26.4. The minimum Gasteiger partial charge on any atom is -0.492 e. The second kappa shape index (κ2) is 9.69. The second-order valence-electron chi connectivity index (χ2n) is 8.81. The Kier molecular flexibility index (Phi) is 6.74. The van der Waals surface area contributed by atoms with E-state index in [0.717, 1.165) is 43.6 Å². The molecular formula is C25H30FN3O3. The van der Waals surface area contributed by atoms with Gasteiger partial charge in [-0.25, -0.2) is 4.39 Å². The Morgan fingerprint density at radius 1 is 1.25 bits per heavy atom. The number of carbonyl (C=O) groups is 2. The molecule has 2 N–H and O–H groups in total. The molecule has 1 spiro atoms. The van der Waals surface area contributed by atoms with Crippen molar-refractivity contribution in [3.63, 3.8) is 0 Å². The zero-order valence-corrected chi connectivity index (χ0v) is 18.4. The fourth-order valence-electron chi connectivity index (χ4n) is 4.97. The quantitative estimate of drug-likeness (QED) is 0.720. The summed E-state index contributed by atoms with van der Waals surface area (Å²) in [5.74, 6) is 0.472. The van der Waals surface area contributed by atoms with Gasteiger partial charge in [-0.05, 0) is 54.8 Å². The number of rotatable bonds is 6. The number of halogens is 1. The lowest BCUT2D eigenvalue weighted by molar-refractivity contribution is -0.122. The highest BCUT2D eigenvalue weighted by atomic mass is 19.1. The van der Waals surface area contributed by atoms with E-state index >= 15 is 0 Å². The largest absolute Gasteiger partial charge is 0.492 e. The highest BCUT2D eigenvalue weighted by Gasteiger charge is 2.48. The molecule has 6 nitrogen and oxygen atoms in total. The number of anilines is 1. The van der Waals surface area contributed by atoms with Gasteiger partial charge in [0.2, 0.25) is 11.8 Å². The Morgan fingerprint density at radius 3 is 2.84 bits per heavy atom. The van der Waals surface area contributed by atoms with Crippen molar-refractivity contribution in [3.8, 4) is 5.75 Å². The molecule has 170 valence electrons. The van der Waals surface area contributed by atoms with Crippen LogP contribution in [0.5, 0.6) is 5.75 Å². The van der Waals surface area contributed by atoms with E-state index in [0.29, 0.717) is 25.3 Å². The normalized spacial score (nSPS) is 23.6. The summed E-state index contributed by atoms with van der Waals surface area (Å²) in [6.07, 6.45) is 3.39. The summed E-state index contributed by atoms with van der Waals surface area (Å²) in [6.45, 7) is 4.22. The molecule has 2 heterocycles. The minimum atomic E-state index is -0.335. The fourth-order valence-corrected chi connectivity index (χ4v) is 4.97. The molecule has 2 atom stereocenters. The van der Waals surface area contributed by atoms with Crippen LogP contribution in [0.2, 0.25) is 0 Å². The van der Waals surface area contributed by atoms with Crippen LogP contribution in [0.4, 0.5) is 10.1 Å². The highest BCUT2D eigenvalue weighted by molar-refractivity contribution is 5.88. The Labute approximate surface area is 188 Å². The number of nitrogens with one attached hydrogen (secondary N) is 2. The highest BCUT2D eigenvalue weighted by Crippen LogP contribution is 2.41. The van der Waals surface area contributed by atoms with Gasteiger partial charge in [0.05, 0.1) is 5.54 Å². The Balaban J connectivity index is 1.51. The van der Waals surface area contributed by atoms with Gasteiger partial charge in [0, 0.05) is 44.6 Å². The van der Waals surface area contributed by atoms with E-state index in [-0.39, 0.29) is 29.1 Å². The first-order valence-corrected chi connectivity index (χ1v) is 11.2. The first-order chi connectivity index (χ1) is 15.4. The van der Waals surface area contributed by atoms with Gasteiger partial charge < -0.3 is 15.4 Å². The monoisotopic (exact) mass is 439 g/mol. The lowest BCUT2D eigenvalue weighted by Crippen LogP contribution is -2.52. The van der Waals surface area contributed by atoms with Gasteiger partial charge in [-0.1, -0.05) is 18.6 Å². The van der Waals surface area contributed by atoms with Crippen molar-refractivity contribution in [2.75, 3.05) is 31.6 Å². The van der Waals surface area contributed by atoms with Crippen molar-refractivity contribution in [1.82, 2.24) is 10.2 Å². The minimum absolute atomic E-state index is 0.106. The van der Waals surface area contributed by atoms with E-state index in [2.05, 4.69) is 21.6 Å². The molecule has 0 bridgehead atoms. The van der Waals surface area contributed by atoms with E-state index in [9.17, 15) is 14.0 Å². The van der Waals surface area contributed by atoms with Gasteiger partial charge in [-0.15, -0.1) is 0 Å². The van der Waals surface area contributed by atoms with E-state index in [1.54, 1.807) is 12.1 Å². The van der Waals surface area contributed by atoms with Crippen LogP contribution in [0.3, 0.4) is 0 Å². The topological polar surface area (TPSA) is 70.7 Å². The standard InChI is InChI=1S/C25H30FN3O3/c1-18(30)27-21-6-4-5-19(15-21)23-16-29(13-14-32-22-10-8-20(26)9-11-22)17-25(23)12-3-2-7-24(31)28-25/h4-6,8-11,15,23H,2-3,7,12-14,16-17H2,1H3,(H,27,30)(H,28,31)/t23-,25+/m0/s1. The van der Waals surface area contributed by atoms with Crippen molar-refractivity contribution in [2.45, 2.75) is 44.1 Å². The van der Waals surface area contributed by atoms with Crippen molar-refractivity contribution >= 4 is 17.5 Å². The maximum atomic E-state index is 13.1. The van der Waals surface area contributed by atoms with Crippen LogP contribution >= 0.6 is 0 Å². The fraction of sp³-hybridized carbons (Fsp3) is 0.440. The molecule has 0 aromatic heterocycles. The number of likely N-dealkylation sites (tertiary alicyclic amines) is 1. The second-order valence-corrected chi connectivity index (χ2v) is 8.81. The smallest absolute Gasteiger partial charge is 0.221 e. The van der Waals surface area contributed by atoms with E-state index in [1.165, 1.54) is 19.1 Å².